The maximum absolute atomic E-state index is 4.94. The Bertz CT molecular complexity index is 571. The van der Waals surface area contributed by atoms with Crippen LogP contribution in [0, 0.1) is 0 Å². The van der Waals surface area contributed by atoms with Crippen molar-refractivity contribution in [1.29, 1.82) is 0 Å². The fourth-order valence-corrected chi connectivity index (χ4v) is 4.51. The fraction of sp³-hybridized carbons (Fsp3) is 0.556. The molecule has 1 aliphatic heterocycles. The Morgan fingerprint density at radius 2 is 1.82 bits per heavy atom. The normalized spacial score (nSPS) is 22.6. The average molecular weight is 315 g/mol. The number of aliphatic imine (C=N–C) groups is 2. The molecule has 1 spiro atoms. The molecule has 0 radical (unpaired) electrons. The molecule has 0 aromatic heterocycles. The van der Waals surface area contributed by atoms with Gasteiger partial charge in [0.05, 0.1) is 5.69 Å². The summed E-state index contributed by atoms with van der Waals surface area (Å²) in [5.74, 6) is 1.02. The van der Waals surface area contributed by atoms with E-state index in [2.05, 4.69) is 37.1 Å². The summed E-state index contributed by atoms with van der Waals surface area (Å²) in [5.41, 5.74) is 1.03. The van der Waals surface area contributed by atoms with Crippen molar-refractivity contribution < 1.29 is 0 Å². The van der Waals surface area contributed by atoms with Crippen LogP contribution < -0.4 is 0 Å². The molecule has 3 nitrogen and oxygen atoms in total. The Labute approximate surface area is 137 Å². The van der Waals surface area contributed by atoms with Crippen molar-refractivity contribution in [1.82, 2.24) is 4.90 Å². The minimum absolute atomic E-state index is 0.0145. The number of para-hydroxylation sites is 1. The van der Waals surface area contributed by atoms with Crippen molar-refractivity contribution in [3.63, 3.8) is 0 Å². The van der Waals surface area contributed by atoms with E-state index < -0.39 is 0 Å². The molecule has 0 saturated heterocycles. The first-order valence-electron chi connectivity index (χ1n) is 8.23. The SMILES string of the molecule is CSC1=NC(=Nc2ccccc2)C2(CCCCC2)N1C(C)C. The fourth-order valence-electron chi connectivity index (χ4n) is 3.75. The van der Waals surface area contributed by atoms with Gasteiger partial charge in [-0.1, -0.05) is 49.2 Å². The van der Waals surface area contributed by atoms with E-state index in [1.54, 1.807) is 11.8 Å². The second-order valence-corrected chi connectivity index (χ2v) is 7.20. The molecule has 1 heterocycles. The van der Waals surface area contributed by atoms with Gasteiger partial charge in [-0.05, 0) is 45.1 Å². The summed E-state index contributed by atoms with van der Waals surface area (Å²) in [5, 5.41) is 1.13. The summed E-state index contributed by atoms with van der Waals surface area (Å²) in [7, 11) is 0. The van der Waals surface area contributed by atoms with Gasteiger partial charge in [0.25, 0.3) is 0 Å². The van der Waals surface area contributed by atoms with Crippen molar-refractivity contribution in [3.05, 3.63) is 30.3 Å². The quantitative estimate of drug-likeness (QED) is 0.779. The van der Waals surface area contributed by atoms with Gasteiger partial charge in [0.2, 0.25) is 0 Å². The first kappa shape index (κ1) is 15.6. The molecule has 1 aliphatic carbocycles. The van der Waals surface area contributed by atoms with Gasteiger partial charge in [-0.25, -0.2) is 9.98 Å². The molecule has 0 unspecified atom stereocenters. The minimum atomic E-state index is 0.0145. The number of thioether (sulfide) groups is 1. The number of rotatable bonds is 2. The van der Waals surface area contributed by atoms with Crippen LogP contribution in [0.25, 0.3) is 0 Å². The van der Waals surface area contributed by atoms with Gasteiger partial charge in [-0.15, -0.1) is 0 Å². The zero-order chi connectivity index (χ0) is 15.6. The van der Waals surface area contributed by atoms with Crippen molar-refractivity contribution in [2.45, 2.75) is 57.5 Å². The lowest BCUT2D eigenvalue weighted by Crippen LogP contribution is -2.55. The lowest BCUT2D eigenvalue weighted by Gasteiger charge is -2.44. The Morgan fingerprint density at radius 3 is 2.41 bits per heavy atom. The number of amidine groups is 2. The molecule has 1 fully saturated rings. The first-order chi connectivity index (χ1) is 10.7. The van der Waals surface area contributed by atoms with Gasteiger partial charge in [-0.2, -0.15) is 0 Å². The minimum Gasteiger partial charge on any atom is -0.336 e. The lowest BCUT2D eigenvalue weighted by molar-refractivity contribution is 0.167. The van der Waals surface area contributed by atoms with Crippen LogP contribution in [-0.4, -0.2) is 33.7 Å². The van der Waals surface area contributed by atoms with E-state index in [4.69, 9.17) is 9.98 Å². The molecule has 22 heavy (non-hydrogen) atoms. The molecule has 0 bridgehead atoms. The van der Waals surface area contributed by atoms with Gasteiger partial charge in [0, 0.05) is 6.04 Å². The predicted molar refractivity (Wildman–Crippen MR) is 97.3 cm³/mol. The third-order valence-corrected chi connectivity index (χ3v) is 5.31. The van der Waals surface area contributed by atoms with Crippen LogP contribution in [0.15, 0.2) is 40.3 Å². The molecule has 1 aromatic rings. The van der Waals surface area contributed by atoms with Crippen molar-refractivity contribution in [3.8, 4) is 0 Å². The molecule has 0 atom stereocenters. The maximum Gasteiger partial charge on any atom is 0.166 e. The molecule has 2 aliphatic rings. The van der Waals surface area contributed by atoms with Crippen LogP contribution in [0.1, 0.15) is 46.0 Å². The third-order valence-electron chi connectivity index (χ3n) is 4.66. The molecule has 1 aromatic carbocycles. The number of hydrogen-bond acceptors (Lipinski definition) is 3. The van der Waals surface area contributed by atoms with Crippen molar-refractivity contribution >= 4 is 28.5 Å². The Morgan fingerprint density at radius 1 is 1.14 bits per heavy atom. The highest BCUT2D eigenvalue weighted by molar-refractivity contribution is 8.13. The Kier molecular flexibility index (Phi) is 4.57. The Balaban J connectivity index is 2.06. The second-order valence-electron chi connectivity index (χ2n) is 6.43. The molecule has 0 N–H and O–H groups in total. The zero-order valence-electron chi connectivity index (χ0n) is 13.7. The molecule has 1 saturated carbocycles. The molecule has 118 valence electrons. The smallest absolute Gasteiger partial charge is 0.166 e. The number of nitrogens with zero attached hydrogens (tertiary/aromatic N) is 3. The van der Waals surface area contributed by atoms with Crippen molar-refractivity contribution in [2.75, 3.05) is 6.26 Å². The van der Waals surface area contributed by atoms with E-state index in [0.717, 1.165) is 16.7 Å². The van der Waals surface area contributed by atoms with Crippen LogP contribution >= 0.6 is 11.8 Å². The molecular weight excluding hydrogens is 290 g/mol. The number of hydrogen-bond donors (Lipinski definition) is 0. The Hall–Kier alpha value is -1.29. The van der Waals surface area contributed by atoms with E-state index in [1.807, 2.05) is 18.2 Å². The highest BCUT2D eigenvalue weighted by atomic mass is 32.2. The molecule has 3 rings (SSSR count). The summed E-state index contributed by atoms with van der Waals surface area (Å²) in [4.78, 5) is 12.4. The van der Waals surface area contributed by atoms with Gasteiger partial charge in [-0.3, -0.25) is 0 Å². The van der Waals surface area contributed by atoms with Crippen LogP contribution in [0.2, 0.25) is 0 Å². The average Bonchev–Trinajstić information content (AvgIpc) is 2.82. The van der Waals surface area contributed by atoms with E-state index in [0.29, 0.717) is 6.04 Å². The van der Waals surface area contributed by atoms with Gasteiger partial charge >= 0.3 is 0 Å². The van der Waals surface area contributed by atoms with Gasteiger partial charge < -0.3 is 4.90 Å². The van der Waals surface area contributed by atoms with Gasteiger partial charge in [0.1, 0.15) is 5.54 Å². The van der Waals surface area contributed by atoms with E-state index in [-0.39, 0.29) is 5.54 Å². The van der Waals surface area contributed by atoms with Crippen LogP contribution in [-0.2, 0) is 0 Å². The monoisotopic (exact) mass is 315 g/mol. The third kappa shape index (κ3) is 2.69. The predicted octanol–water partition coefficient (Wildman–Crippen LogP) is 4.86. The van der Waals surface area contributed by atoms with E-state index in [1.165, 1.54) is 32.1 Å². The van der Waals surface area contributed by atoms with Crippen LogP contribution in [0.3, 0.4) is 0 Å². The van der Waals surface area contributed by atoms with E-state index in [9.17, 15) is 0 Å². The van der Waals surface area contributed by atoms with Crippen LogP contribution in [0.5, 0.6) is 0 Å². The van der Waals surface area contributed by atoms with Crippen LogP contribution in [0.4, 0.5) is 5.69 Å². The summed E-state index contributed by atoms with van der Waals surface area (Å²) >= 11 is 1.75. The summed E-state index contributed by atoms with van der Waals surface area (Å²) in [6, 6.07) is 10.7. The topological polar surface area (TPSA) is 28.0 Å². The highest BCUT2D eigenvalue weighted by Gasteiger charge is 2.49. The first-order valence-corrected chi connectivity index (χ1v) is 9.46. The summed E-state index contributed by atoms with van der Waals surface area (Å²) in [6.45, 7) is 4.54. The summed E-state index contributed by atoms with van der Waals surface area (Å²) < 4.78 is 0. The number of benzene rings is 1. The zero-order valence-corrected chi connectivity index (χ0v) is 14.6. The van der Waals surface area contributed by atoms with Gasteiger partial charge in [0.15, 0.2) is 11.0 Å². The molecule has 4 heteroatoms. The lowest BCUT2D eigenvalue weighted by atomic mass is 9.79. The molecular formula is C18H25N3S. The molecule has 0 amide bonds. The largest absolute Gasteiger partial charge is 0.336 e. The maximum atomic E-state index is 4.94. The summed E-state index contributed by atoms with van der Waals surface area (Å²) in [6.07, 6.45) is 8.34. The highest BCUT2D eigenvalue weighted by Crippen LogP contribution is 2.42. The standard InChI is InChI=1S/C18H25N3S/c1-14(2)21-17(22-3)20-16(18(21)12-8-5-9-13-18)19-15-10-6-4-7-11-15/h4,6-7,10-11,14H,5,8-9,12-13H2,1-3H3. The van der Waals surface area contributed by atoms with Crippen molar-refractivity contribution in [2.24, 2.45) is 9.98 Å². The van der Waals surface area contributed by atoms with E-state index >= 15 is 0 Å². The second kappa shape index (κ2) is 6.45.